The van der Waals surface area contributed by atoms with Crippen LogP contribution in [-0.4, -0.2) is 5.97 Å². The summed E-state index contributed by atoms with van der Waals surface area (Å²) in [7, 11) is 0. The van der Waals surface area contributed by atoms with Gasteiger partial charge < -0.3 is 4.74 Å². The number of hydrogen-bond donors (Lipinski definition) is 0. The Balaban J connectivity index is 2.17. The first-order valence-corrected chi connectivity index (χ1v) is 8.39. The Morgan fingerprint density at radius 1 is 1.04 bits per heavy atom. The molecule has 2 unspecified atom stereocenters. The van der Waals surface area contributed by atoms with Crippen LogP contribution < -0.4 is 0 Å². The van der Waals surface area contributed by atoms with Gasteiger partial charge >= 0.3 is 5.97 Å². The first-order valence-electron chi connectivity index (χ1n) is 6.68. The van der Waals surface area contributed by atoms with Gasteiger partial charge in [0.25, 0.3) is 0 Å². The fourth-order valence-corrected chi connectivity index (χ4v) is 3.81. The van der Waals surface area contributed by atoms with Crippen molar-refractivity contribution >= 4 is 37.8 Å². The van der Waals surface area contributed by atoms with E-state index in [2.05, 4.69) is 31.9 Å². The molecule has 0 saturated heterocycles. The van der Waals surface area contributed by atoms with Gasteiger partial charge in [0.15, 0.2) is 23.3 Å². The summed E-state index contributed by atoms with van der Waals surface area (Å²) in [5.41, 5.74) is -1.64. The van der Waals surface area contributed by atoms with Crippen molar-refractivity contribution in [3.8, 4) is 0 Å². The van der Waals surface area contributed by atoms with Crippen LogP contribution in [0, 0.1) is 46.3 Å². The molecular formula is C15H11Br2F5O2. The summed E-state index contributed by atoms with van der Waals surface area (Å²) in [6, 6.07) is 0. The third kappa shape index (κ3) is 3.12. The Kier molecular flexibility index (Phi) is 5.44. The summed E-state index contributed by atoms with van der Waals surface area (Å²) in [5, 5.41) is 0. The summed E-state index contributed by atoms with van der Waals surface area (Å²) in [4.78, 5) is 13.7. The maximum atomic E-state index is 13.5. The van der Waals surface area contributed by atoms with Crippen molar-refractivity contribution in [2.45, 2.75) is 20.5 Å². The molecule has 0 N–H and O–H groups in total. The lowest BCUT2D eigenvalue weighted by Gasteiger charge is -2.09. The van der Waals surface area contributed by atoms with Gasteiger partial charge in [-0.05, 0) is 10.4 Å². The number of esters is 1. The third-order valence-corrected chi connectivity index (χ3v) is 5.97. The molecule has 2 rings (SSSR count). The molecule has 1 aromatic rings. The van der Waals surface area contributed by atoms with Gasteiger partial charge in [0.05, 0.1) is 11.5 Å². The average molecular weight is 478 g/mol. The van der Waals surface area contributed by atoms with Gasteiger partial charge in [-0.25, -0.2) is 22.0 Å². The van der Waals surface area contributed by atoms with Crippen LogP contribution in [0.25, 0.3) is 0 Å². The first-order chi connectivity index (χ1) is 11.1. The van der Waals surface area contributed by atoms with Gasteiger partial charge in [0, 0.05) is 10.4 Å². The SMILES string of the molecule is CC1(C)C(C(=O)OCc2c(F)c(F)c(F)c(F)c2F)C1/C(Br)=C/Br. The minimum Gasteiger partial charge on any atom is -0.460 e. The van der Waals surface area contributed by atoms with E-state index in [0.717, 1.165) is 0 Å². The second-order valence-electron chi connectivity index (χ2n) is 5.93. The lowest BCUT2D eigenvalue weighted by Crippen LogP contribution is -2.14. The molecule has 0 spiro atoms. The molecule has 1 aliphatic carbocycles. The molecule has 1 saturated carbocycles. The van der Waals surface area contributed by atoms with E-state index in [1.54, 1.807) is 18.8 Å². The van der Waals surface area contributed by atoms with Gasteiger partial charge in [0.2, 0.25) is 5.82 Å². The van der Waals surface area contributed by atoms with Gasteiger partial charge in [0.1, 0.15) is 6.61 Å². The van der Waals surface area contributed by atoms with Crippen LogP contribution >= 0.6 is 31.9 Å². The van der Waals surface area contributed by atoms with Crippen LogP contribution in [0.15, 0.2) is 9.47 Å². The van der Waals surface area contributed by atoms with E-state index in [0.29, 0.717) is 4.48 Å². The van der Waals surface area contributed by atoms with E-state index in [-0.39, 0.29) is 5.92 Å². The summed E-state index contributed by atoms with van der Waals surface area (Å²) in [5.74, 6) is -12.0. The highest BCUT2D eigenvalue weighted by molar-refractivity contribution is 9.14. The zero-order valence-corrected chi connectivity index (χ0v) is 15.6. The molecule has 1 fully saturated rings. The first kappa shape index (κ1) is 19.4. The average Bonchev–Trinajstić information content (AvgIpc) is 3.12. The molecule has 9 heteroatoms. The monoisotopic (exact) mass is 476 g/mol. The standard InChI is InChI=1S/C15H11Br2F5O2/c1-15(2)7(6(17)3-16)8(15)14(23)24-4-5-9(18)11(20)13(22)12(21)10(5)19/h3,7-8H,4H2,1-2H3/b6-3-. The van der Waals surface area contributed by atoms with Crippen molar-refractivity contribution < 1.29 is 31.5 Å². The molecule has 0 bridgehead atoms. The van der Waals surface area contributed by atoms with Crippen LogP contribution in [0.2, 0.25) is 0 Å². The lowest BCUT2D eigenvalue weighted by molar-refractivity contribution is -0.147. The largest absolute Gasteiger partial charge is 0.460 e. The summed E-state index contributed by atoms with van der Waals surface area (Å²) in [6.45, 7) is 2.54. The number of carbonyl (C=O) groups is 1. The second-order valence-corrected chi connectivity index (χ2v) is 7.30. The Hall–Kier alpha value is -0.960. The minimum absolute atomic E-state index is 0.208. The molecule has 0 heterocycles. The van der Waals surface area contributed by atoms with E-state index < -0.39 is 58.6 Å². The quantitative estimate of drug-likeness (QED) is 0.253. The number of hydrogen-bond acceptors (Lipinski definition) is 2. The maximum absolute atomic E-state index is 13.5. The highest BCUT2D eigenvalue weighted by atomic mass is 79.9. The van der Waals surface area contributed by atoms with Crippen LogP contribution in [-0.2, 0) is 16.1 Å². The molecule has 1 aromatic carbocycles. The van der Waals surface area contributed by atoms with E-state index in [1.807, 2.05) is 0 Å². The lowest BCUT2D eigenvalue weighted by atomic mass is 10.1. The Bertz CT molecular complexity index is 704. The number of halogens is 7. The van der Waals surface area contributed by atoms with E-state index in [9.17, 15) is 26.7 Å². The van der Waals surface area contributed by atoms with Crippen LogP contribution in [0.3, 0.4) is 0 Å². The van der Waals surface area contributed by atoms with Crippen LogP contribution in [0.4, 0.5) is 22.0 Å². The molecule has 1 aliphatic rings. The molecule has 2 atom stereocenters. The molecule has 0 radical (unpaired) electrons. The van der Waals surface area contributed by atoms with Gasteiger partial charge in [-0.15, -0.1) is 0 Å². The molecule has 2 nitrogen and oxygen atoms in total. The van der Waals surface area contributed by atoms with Gasteiger partial charge in [-0.1, -0.05) is 45.7 Å². The fraction of sp³-hybridized carbons (Fsp3) is 0.400. The van der Waals surface area contributed by atoms with Crippen molar-refractivity contribution in [1.82, 2.24) is 0 Å². The molecule has 132 valence electrons. The van der Waals surface area contributed by atoms with Crippen molar-refractivity contribution in [2.24, 2.45) is 17.3 Å². The molecule has 0 aromatic heterocycles. The molecule has 0 aliphatic heterocycles. The Labute approximate surface area is 151 Å². The van der Waals surface area contributed by atoms with Crippen molar-refractivity contribution in [2.75, 3.05) is 0 Å². The number of rotatable bonds is 4. The molecular weight excluding hydrogens is 467 g/mol. The van der Waals surface area contributed by atoms with Crippen molar-refractivity contribution in [3.05, 3.63) is 44.1 Å². The van der Waals surface area contributed by atoms with E-state index in [4.69, 9.17) is 4.74 Å². The smallest absolute Gasteiger partial charge is 0.310 e. The van der Waals surface area contributed by atoms with E-state index in [1.165, 1.54) is 0 Å². The normalized spacial score (nSPS) is 22.5. The van der Waals surface area contributed by atoms with Crippen LogP contribution in [0.1, 0.15) is 19.4 Å². The van der Waals surface area contributed by atoms with Gasteiger partial charge in [-0.2, -0.15) is 0 Å². The summed E-state index contributed by atoms with van der Waals surface area (Å²) in [6.07, 6.45) is 0. The zero-order chi connectivity index (χ0) is 18.4. The highest BCUT2D eigenvalue weighted by Gasteiger charge is 2.63. The Morgan fingerprint density at radius 2 is 1.50 bits per heavy atom. The van der Waals surface area contributed by atoms with Crippen molar-refractivity contribution in [3.63, 3.8) is 0 Å². The highest BCUT2D eigenvalue weighted by Crippen LogP contribution is 2.63. The predicted molar refractivity (Wildman–Crippen MR) is 82.7 cm³/mol. The summed E-state index contributed by atoms with van der Waals surface area (Å²) >= 11 is 6.40. The zero-order valence-electron chi connectivity index (χ0n) is 12.4. The molecule has 24 heavy (non-hydrogen) atoms. The van der Waals surface area contributed by atoms with E-state index >= 15 is 0 Å². The fourth-order valence-electron chi connectivity index (χ4n) is 2.67. The number of ether oxygens (including phenoxy) is 1. The third-order valence-electron chi connectivity index (χ3n) is 4.14. The number of carbonyl (C=O) groups excluding carboxylic acids is 1. The maximum Gasteiger partial charge on any atom is 0.310 e. The Morgan fingerprint density at radius 3 is 1.96 bits per heavy atom. The van der Waals surface area contributed by atoms with Gasteiger partial charge in [-0.3, -0.25) is 4.79 Å². The predicted octanol–water partition coefficient (Wildman–Crippen LogP) is 5.33. The summed E-state index contributed by atoms with van der Waals surface area (Å²) < 4.78 is 71.8. The van der Waals surface area contributed by atoms with Crippen molar-refractivity contribution in [1.29, 1.82) is 0 Å². The number of allylic oxidation sites excluding steroid dienone is 1. The topological polar surface area (TPSA) is 26.3 Å². The number of benzene rings is 1. The minimum atomic E-state index is -2.25. The second kappa shape index (κ2) is 6.74. The van der Waals surface area contributed by atoms with Crippen LogP contribution in [0.5, 0.6) is 0 Å². The molecule has 0 amide bonds.